The number of carbonyl (C=O) groups is 1. The van der Waals surface area contributed by atoms with Gasteiger partial charge in [0.05, 0.1) is 17.9 Å². The average molecular weight is 334 g/mol. The molecule has 0 spiro atoms. The molecule has 0 bridgehead atoms. The number of anilines is 1. The fourth-order valence-corrected chi connectivity index (χ4v) is 2.60. The third-order valence-corrected chi connectivity index (χ3v) is 3.91. The first-order valence-electron chi connectivity index (χ1n) is 7.91. The lowest BCUT2D eigenvalue weighted by atomic mass is 10.2. The monoisotopic (exact) mass is 334 g/mol. The van der Waals surface area contributed by atoms with Crippen LogP contribution < -0.4 is 10.9 Å². The third kappa shape index (κ3) is 3.80. The number of aromatic nitrogens is 3. The van der Waals surface area contributed by atoms with Crippen molar-refractivity contribution in [3.8, 4) is 0 Å². The molecule has 0 atom stereocenters. The Kier molecular flexibility index (Phi) is 4.99. The number of pyridine rings is 3. The number of aryl methyl sites for hydroxylation is 1. The number of carbonyl (C=O) groups excluding carboxylic acids is 1. The normalized spacial score (nSPS) is 10.4. The zero-order valence-corrected chi connectivity index (χ0v) is 13.8. The maximum atomic E-state index is 12.7. The summed E-state index contributed by atoms with van der Waals surface area (Å²) in [7, 11) is 0. The van der Waals surface area contributed by atoms with Crippen LogP contribution in [0, 0.1) is 6.92 Å². The van der Waals surface area contributed by atoms with Crippen LogP contribution in [0.2, 0.25) is 0 Å². The second kappa shape index (κ2) is 7.53. The highest BCUT2D eigenvalue weighted by atomic mass is 16.1. The Morgan fingerprint density at radius 2 is 2.08 bits per heavy atom. The molecule has 3 heterocycles. The molecule has 0 aliphatic rings. The minimum atomic E-state index is -0.325. The van der Waals surface area contributed by atoms with Gasteiger partial charge < -0.3 is 9.88 Å². The average Bonchev–Trinajstić information content (AvgIpc) is 2.65. The molecular formula is C19H18N4O2. The Bertz CT molecular complexity index is 921. The maximum absolute atomic E-state index is 12.7. The Balaban J connectivity index is 1.90. The molecule has 3 rings (SSSR count). The standard InChI is InChI=1S/C19H18N4O2/c1-14-9-18(22-11-15-5-4-7-20-10-15)17(13-24)19(25)23(14)12-16-6-2-3-8-21-16/h2-10,13,22H,11-12H2,1H3. The van der Waals surface area contributed by atoms with Crippen LogP contribution in [0.4, 0.5) is 5.69 Å². The summed E-state index contributed by atoms with van der Waals surface area (Å²) in [6, 6.07) is 11.1. The van der Waals surface area contributed by atoms with Crippen LogP contribution in [0.3, 0.4) is 0 Å². The zero-order chi connectivity index (χ0) is 17.6. The van der Waals surface area contributed by atoms with Crippen LogP contribution >= 0.6 is 0 Å². The van der Waals surface area contributed by atoms with E-state index in [1.165, 1.54) is 0 Å². The number of hydrogen-bond donors (Lipinski definition) is 1. The Hall–Kier alpha value is -3.28. The molecule has 126 valence electrons. The number of aldehydes is 1. The van der Waals surface area contributed by atoms with Crippen molar-refractivity contribution >= 4 is 12.0 Å². The van der Waals surface area contributed by atoms with Gasteiger partial charge in [0.1, 0.15) is 5.56 Å². The highest BCUT2D eigenvalue weighted by Crippen LogP contribution is 2.14. The first-order valence-corrected chi connectivity index (χ1v) is 7.91. The summed E-state index contributed by atoms with van der Waals surface area (Å²) in [6.07, 6.45) is 5.72. The van der Waals surface area contributed by atoms with Crippen molar-refractivity contribution in [3.05, 3.63) is 87.9 Å². The molecular weight excluding hydrogens is 316 g/mol. The molecule has 6 heteroatoms. The summed E-state index contributed by atoms with van der Waals surface area (Å²) >= 11 is 0. The fourth-order valence-electron chi connectivity index (χ4n) is 2.60. The van der Waals surface area contributed by atoms with E-state index in [1.54, 1.807) is 23.2 Å². The Morgan fingerprint density at radius 1 is 1.20 bits per heavy atom. The van der Waals surface area contributed by atoms with Crippen LogP contribution in [0.25, 0.3) is 0 Å². The van der Waals surface area contributed by atoms with Crippen molar-refractivity contribution < 1.29 is 4.79 Å². The largest absolute Gasteiger partial charge is 0.380 e. The Labute approximate surface area is 145 Å². The van der Waals surface area contributed by atoms with Crippen LogP contribution in [0.15, 0.2) is 59.8 Å². The Morgan fingerprint density at radius 3 is 2.76 bits per heavy atom. The minimum absolute atomic E-state index is 0.116. The molecule has 25 heavy (non-hydrogen) atoms. The molecule has 3 aromatic heterocycles. The molecule has 1 N–H and O–H groups in total. The number of hydrogen-bond acceptors (Lipinski definition) is 5. The quantitative estimate of drug-likeness (QED) is 0.701. The molecule has 6 nitrogen and oxygen atoms in total. The molecule has 0 aliphatic heterocycles. The third-order valence-electron chi connectivity index (χ3n) is 3.91. The molecule has 0 aromatic carbocycles. The van der Waals surface area contributed by atoms with Gasteiger partial charge in [-0.15, -0.1) is 0 Å². The number of rotatable bonds is 6. The van der Waals surface area contributed by atoms with Gasteiger partial charge in [0.2, 0.25) is 0 Å². The van der Waals surface area contributed by atoms with Crippen molar-refractivity contribution in [1.29, 1.82) is 0 Å². The van der Waals surface area contributed by atoms with E-state index in [4.69, 9.17) is 0 Å². The number of nitrogens with zero attached hydrogens (tertiary/aromatic N) is 3. The molecule has 0 unspecified atom stereocenters. The van der Waals surface area contributed by atoms with Crippen molar-refractivity contribution in [2.75, 3.05) is 5.32 Å². The molecule has 0 saturated heterocycles. The summed E-state index contributed by atoms with van der Waals surface area (Å²) in [4.78, 5) is 32.5. The number of nitrogens with one attached hydrogen (secondary N) is 1. The lowest BCUT2D eigenvalue weighted by Crippen LogP contribution is -2.27. The van der Waals surface area contributed by atoms with Crippen molar-refractivity contribution in [3.63, 3.8) is 0 Å². The van der Waals surface area contributed by atoms with Gasteiger partial charge in [-0.2, -0.15) is 0 Å². The minimum Gasteiger partial charge on any atom is -0.380 e. The van der Waals surface area contributed by atoms with E-state index in [-0.39, 0.29) is 11.1 Å². The highest BCUT2D eigenvalue weighted by Gasteiger charge is 2.13. The van der Waals surface area contributed by atoms with Gasteiger partial charge in [-0.25, -0.2) is 0 Å². The van der Waals surface area contributed by atoms with E-state index >= 15 is 0 Å². The van der Waals surface area contributed by atoms with E-state index in [1.807, 2.05) is 43.3 Å². The molecule has 0 aliphatic carbocycles. The maximum Gasteiger partial charge on any atom is 0.263 e. The lowest BCUT2D eigenvalue weighted by molar-refractivity contribution is 0.112. The van der Waals surface area contributed by atoms with Gasteiger partial charge in [-0.05, 0) is 36.8 Å². The molecule has 0 fully saturated rings. The topological polar surface area (TPSA) is 76.9 Å². The van der Waals surface area contributed by atoms with Crippen molar-refractivity contribution in [2.24, 2.45) is 0 Å². The second-order valence-corrected chi connectivity index (χ2v) is 5.66. The predicted molar refractivity (Wildman–Crippen MR) is 95.7 cm³/mol. The first-order chi connectivity index (χ1) is 12.2. The van der Waals surface area contributed by atoms with Crippen molar-refractivity contribution in [1.82, 2.24) is 14.5 Å². The molecule has 0 radical (unpaired) electrons. The van der Waals surface area contributed by atoms with Gasteiger partial charge >= 0.3 is 0 Å². The summed E-state index contributed by atoms with van der Waals surface area (Å²) < 4.78 is 1.56. The van der Waals surface area contributed by atoms with Gasteiger partial charge in [0.15, 0.2) is 6.29 Å². The second-order valence-electron chi connectivity index (χ2n) is 5.66. The SMILES string of the molecule is Cc1cc(NCc2cccnc2)c(C=O)c(=O)n1Cc1ccccn1. The summed E-state index contributed by atoms with van der Waals surface area (Å²) in [5.74, 6) is 0. The van der Waals surface area contributed by atoms with Crippen LogP contribution in [0.1, 0.15) is 27.3 Å². The van der Waals surface area contributed by atoms with Crippen LogP contribution in [0.5, 0.6) is 0 Å². The molecule has 3 aromatic rings. The summed E-state index contributed by atoms with van der Waals surface area (Å²) in [6.45, 7) is 2.65. The van der Waals surface area contributed by atoms with Gasteiger partial charge in [-0.3, -0.25) is 19.6 Å². The van der Waals surface area contributed by atoms with E-state index in [0.717, 1.165) is 17.0 Å². The highest BCUT2D eigenvalue weighted by molar-refractivity contribution is 5.83. The fraction of sp³-hybridized carbons (Fsp3) is 0.158. The van der Waals surface area contributed by atoms with E-state index in [0.29, 0.717) is 25.1 Å². The van der Waals surface area contributed by atoms with Gasteiger partial charge in [-0.1, -0.05) is 12.1 Å². The van der Waals surface area contributed by atoms with Crippen LogP contribution in [-0.4, -0.2) is 20.8 Å². The van der Waals surface area contributed by atoms with E-state index in [9.17, 15) is 9.59 Å². The van der Waals surface area contributed by atoms with Crippen molar-refractivity contribution in [2.45, 2.75) is 20.0 Å². The molecule has 0 amide bonds. The molecule has 0 saturated carbocycles. The van der Waals surface area contributed by atoms with Gasteiger partial charge in [0, 0.05) is 30.8 Å². The van der Waals surface area contributed by atoms with E-state index < -0.39 is 0 Å². The predicted octanol–water partition coefficient (Wildman–Crippen LogP) is 2.42. The first kappa shape index (κ1) is 16.6. The lowest BCUT2D eigenvalue weighted by Gasteiger charge is -2.15. The zero-order valence-electron chi connectivity index (χ0n) is 13.8. The van der Waals surface area contributed by atoms with Gasteiger partial charge in [0.25, 0.3) is 5.56 Å². The summed E-state index contributed by atoms with van der Waals surface area (Å²) in [5, 5.41) is 3.15. The summed E-state index contributed by atoms with van der Waals surface area (Å²) in [5.41, 5.74) is 2.81. The van der Waals surface area contributed by atoms with Crippen LogP contribution in [-0.2, 0) is 13.1 Å². The smallest absolute Gasteiger partial charge is 0.263 e. The van der Waals surface area contributed by atoms with E-state index in [2.05, 4.69) is 15.3 Å².